The molecule has 0 N–H and O–H groups in total. The third-order valence-corrected chi connectivity index (χ3v) is 14.6. The minimum atomic E-state index is -0.440. The molecule has 10 aromatic carbocycles. The van der Waals surface area contributed by atoms with Crippen molar-refractivity contribution < 1.29 is 17.6 Å². The van der Waals surface area contributed by atoms with Gasteiger partial charge in [-0.25, -0.2) is 13.2 Å². The highest BCUT2D eigenvalue weighted by molar-refractivity contribution is 6.22. The Morgan fingerprint density at radius 2 is 0.653 bits per heavy atom. The van der Waals surface area contributed by atoms with Crippen LogP contribution in [-0.4, -0.2) is 18.3 Å². The zero-order valence-corrected chi connectivity index (χ0v) is 37.6. The smallest absolute Gasteiger partial charge is 0.160 e. The lowest BCUT2D eigenvalue weighted by Crippen LogP contribution is -2.16. The minimum absolute atomic E-state index is 0.147. The Morgan fingerprint density at radius 1 is 0.319 bits per heavy atom. The van der Waals surface area contributed by atoms with Crippen molar-refractivity contribution in [1.82, 2.24) is 18.3 Å². The lowest BCUT2D eigenvalue weighted by atomic mass is 9.98. The highest BCUT2D eigenvalue weighted by atomic mass is 19.1. The third kappa shape index (κ3) is 5.16. The lowest BCUT2D eigenvalue weighted by Gasteiger charge is -2.27. The quantitative estimate of drug-likeness (QED) is 0.176. The summed E-state index contributed by atoms with van der Waals surface area (Å²) in [5, 5.41) is 32.4. The van der Waals surface area contributed by atoms with Crippen molar-refractivity contribution in [3.05, 3.63) is 217 Å². The molecule has 0 fully saturated rings. The van der Waals surface area contributed by atoms with Gasteiger partial charge in [-0.3, -0.25) is 0 Å². The van der Waals surface area contributed by atoms with Gasteiger partial charge in [0.25, 0.3) is 0 Å². The topological polar surface area (TPSA) is 80.4 Å². The normalized spacial score (nSPS) is 12.1. The molecule has 0 unspecified atom stereocenters. The molecule has 0 atom stereocenters. The van der Waals surface area contributed by atoms with Crippen molar-refractivity contribution in [3.8, 4) is 34.9 Å². The number of hydrogen-bond donors (Lipinski definition) is 0. The van der Waals surface area contributed by atoms with Crippen LogP contribution in [0, 0.1) is 40.1 Å². The van der Waals surface area contributed by atoms with Crippen LogP contribution < -0.4 is 0 Å². The summed E-state index contributed by atoms with van der Waals surface area (Å²) < 4.78 is 61.6. The third-order valence-electron chi connectivity index (χ3n) is 14.6. The van der Waals surface area contributed by atoms with E-state index in [1.54, 1.807) is 18.2 Å². The van der Waals surface area contributed by atoms with Crippen molar-refractivity contribution in [1.29, 1.82) is 10.5 Å². The standard InChI is InChI=1S/C62H31F3N6O/c63-34-21-26-53-44(29-34)38-12-2-6-16-49(38)68(53)57-47(32-66)59(70-51-18-8-4-14-40(51)46-31-36(65)23-28-55(46)70)60(48(33-67)58(57)69-50-17-7-3-13-39(50)45-30-35(64)22-27-54(45)69)71-52-19-9-1-11-37(52)42-24-25-43-41-15-5-10-20-56(41)72-62(43)61(42)71/h1-31H. The monoisotopic (exact) mass is 932 g/mol. The van der Waals surface area contributed by atoms with E-state index in [0.29, 0.717) is 88.7 Å². The molecule has 0 spiro atoms. The van der Waals surface area contributed by atoms with Crippen LogP contribution in [0.3, 0.4) is 0 Å². The van der Waals surface area contributed by atoms with E-state index < -0.39 is 17.5 Å². The first-order chi connectivity index (χ1) is 35.4. The van der Waals surface area contributed by atoms with Gasteiger partial charge in [0.15, 0.2) is 5.58 Å². The van der Waals surface area contributed by atoms with Gasteiger partial charge >= 0.3 is 0 Å². The summed E-state index contributed by atoms with van der Waals surface area (Å²) in [5.74, 6) is -1.31. The van der Waals surface area contributed by atoms with Crippen LogP contribution in [0.15, 0.2) is 192 Å². The Balaban J connectivity index is 1.29. The van der Waals surface area contributed by atoms with Crippen LogP contribution in [0.2, 0.25) is 0 Å². The van der Waals surface area contributed by atoms with Gasteiger partial charge in [-0.2, -0.15) is 10.5 Å². The van der Waals surface area contributed by atoms with Crippen LogP contribution in [0.25, 0.3) is 132 Å². The number of hydrogen-bond acceptors (Lipinski definition) is 3. The molecular weight excluding hydrogens is 902 g/mol. The first kappa shape index (κ1) is 39.9. The second kappa shape index (κ2) is 14.5. The number of nitriles is 2. The molecule has 0 saturated carbocycles. The Morgan fingerprint density at radius 3 is 1.08 bits per heavy atom. The minimum Gasteiger partial charge on any atom is -0.454 e. The molecule has 0 amide bonds. The zero-order valence-electron chi connectivity index (χ0n) is 37.6. The number of rotatable bonds is 4. The van der Waals surface area contributed by atoms with Crippen LogP contribution in [-0.2, 0) is 0 Å². The summed E-state index contributed by atoms with van der Waals surface area (Å²) in [5.41, 5.74) is 7.97. The van der Waals surface area contributed by atoms with E-state index in [2.05, 4.69) is 28.8 Å². The van der Waals surface area contributed by atoms with Crippen LogP contribution in [0.4, 0.5) is 13.2 Å². The van der Waals surface area contributed by atoms with E-state index in [4.69, 9.17) is 4.42 Å². The summed E-state index contributed by atoms with van der Waals surface area (Å²) in [6, 6.07) is 62.1. The molecule has 15 rings (SSSR count). The first-order valence-electron chi connectivity index (χ1n) is 23.4. The molecule has 5 heterocycles. The molecule has 7 nitrogen and oxygen atoms in total. The fourth-order valence-electron chi connectivity index (χ4n) is 11.8. The highest BCUT2D eigenvalue weighted by Crippen LogP contribution is 2.50. The Kier molecular flexibility index (Phi) is 8.04. The van der Waals surface area contributed by atoms with Gasteiger partial charge < -0.3 is 22.7 Å². The fourth-order valence-corrected chi connectivity index (χ4v) is 11.8. The molecule has 336 valence electrons. The summed E-state index contributed by atoms with van der Waals surface area (Å²) in [6.45, 7) is 0. The molecule has 15 aromatic rings. The second-order valence-corrected chi connectivity index (χ2v) is 18.2. The van der Waals surface area contributed by atoms with Crippen molar-refractivity contribution in [2.75, 3.05) is 0 Å². The summed E-state index contributed by atoms with van der Waals surface area (Å²) in [7, 11) is 0. The predicted molar refractivity (Wildman–Crippen MR) is 280 cm³/mol. The first-order valence-corrected chi connectivity index (χ1v) is 23.4. The van der Waals surface area contributed by atoms with Gasteiger partial charge in [0.05, 0.1) is 66.9 Å². The Bertz CT molecular complexity index is 5010. The van der Waals surface area contributed by atoms with E-state index in [-0.39, 0.29) is 11.1 Å². The predicted octanol–water partition coefficient (Wildman–Crippen LogP) is 16.1. The lowest BCUT2D eigenvalue weighted by molar-refractivity contribution is 0.629. The van der Waals surface area contributed by atoms with Crippen molar-refractivity contribution in [3.63, 3.8) is 0 Å². The van der Waals surface area contributed by atoms with Crippen molar-refractivity contribution in [2.45, 2.75) is 0 Å². The number of halogens is 3. The number of benzene rings is 10. The SMILES string of the molecule is N#Cc1c(-n2c3ccccc3c3cc(F)ccc32)c(-n2c3ccccc3c3cc(F)ccc32)c(C#N)c(-n2c3ccccc3c3ccc4c5ccccc5oc4c32)c1-n1c2ccccc2c2cc(F)ccc21. The molecule has 72 heavy (non-hydrogen) atoms. The van der Waals surface area contributed by atoms with E-state index >= 15 is 13.2 Å². The number of aromatic nitrogens is 4. The zero-order chi connectivity index (χ0) is 48.1. The molecule has 0 bridgehead atoms. The van der Waals surface area contributed by atoms with Gasteiger partial charge in [-0.05, 0) is 91.0 Å². The van der Waals surface area contributed by atoms with E-state index in [1.807, 2.05) is 135 Å². The van der Waals surface area contributed by atoms with Gasteiger partial charge in [-0.15, -0.1) is 0 Å². The summed E-state index contributed by atoms with van der Waals surface area (Å²) in [6.07, 6.45) is 0. The Labute approximate surface area is 405 Å². The largest absolute Gasteiger partial charge is 0.454 e. The van der Waals surface area contributed by atoms with Gasteiger partial charge in [0.1, 0.15) is 46.3 Å². The number of para-hydroxylation sites is 5. The van der Waals surface area contributed by atoms with Gasteiger partial charge in [0.2, 0.25) is 0 Å². The maximum absolute atomic E-state index is 15.6. The highest BCUT2D eigenvalue weighted by Gasteiger charge is 2.35. The van der Waals surface area contributed by atoms with Crippen molar-refractivity contribution in [2.24, 2.45) is 0 Å². The maximum atomic E-state index is 15.6. The van der Waals surface area contributed by atoms with E-state index in [0.717, 1.165) is 43.2 Å². The van der Waals surface area contributed by atoms with Crippen molar-refractivity contribution >= 4 is 109 Å². The van der Waals surface area contributed by atoms with E-state index in [1.165, 1.54) is 36.4 Å². The molecule has 0 saturated heterocycles. The fraction of sp³-hybridized carbons (Fsp3) is 0. The molecule has 0 radical (unpaired) electrons. The average Bonchev–Trinajstić information content (AvgIpc) is 4.21. The van der Waals surface area contributed by atoms with Gasteiger partial charge in [0, 0.05) is 53.9 Å². The van der Waals surface area contributed by atoms with Crippen LogP contribution >= 0.6 is 0 Å². The van der Waals surface area contributed by atoms with E-state index in [9.17, 15) is 10.5 Å². The molecular formula is C62H31F3N6O. The number of nitrogens with zero attached hydrogens (tertiary/aromatic N) is 6. The Hall–Kier alpha value is -10.0. The second-order valence-electron chi connectivity index (χ2n) is 18.2. The average molecular weight is 933 g/mol. The number of fused-ring (bicyclic) bond motifs is 16. The molecule has 10 heteroatoms. The van der Waals surface area contributed by atoms with Crippen LogP contribution in [0.1, 0.15) is 11.1 Å². The maximum Gasteiger partial charge on any atom is 0.160 e. The number of furan rings is 1. The summed E-state index contributed by atoms with van der Waals surface area (Å²) >= 11 is 0. The molecule has 0 aliphatic rings. The molecule has 0 aliphatic carbocycles. The van der Waals surface area contributed by atoms with Crippen LogP contribution in [0.5, 0.6) is 0 Å². The molecule has 5 aromatic heterocycles. The molecule has 0 aliphatic heterocycles. The summed E-state index contributed by atoms with van der Waals surface area (Å²) in [4.78, 5) is 0. The van der Waals surface area contributed by atoms with Gasteiger partial charge in [-0.1, -0.05) is 97.1 Å².